The fraction of sp³-hybridized carbons (Fsp3) is 0.261. The Kier molecular flexibility index (Phi) is 7.32. The quantitative estimate of drug-likeness (QED) is 0.228. The molecule has 0 N–H and O–H groups in total. The number of fused-ring (bicyclic) bond motifs is 1. The molecule has 8 nitrogen and oxygen atoms in total. The van der Waals surface area contributed by atoms with Crippen molar-refractivity contribution in [3.05, 3.63) is 74.6 Å². The van der Waals surface area contributed by atoms with Crippen molar-refractivity contribution in [2.75, 3.05) is 6.61 Å². The Hall–Kier alpha value is -3.59. The number of hydrogen-bond acceptors (Lipinski definition) is 6. The number of non-ortho nitro benzene ring substituents is 1. The molecule has 0 atom stereocenters. The van der Waals surface area contributed by atoms with Crippen molar-refractivity contribution in [2.45, 2.75) is 33.2 Å². The third-order valence-electron chi connectivity index (χ3n) is 4.67. The zero-order valence-electron chi connectivity index (χ0n) is 18.0. The van der Waals surface area contributed by atoms with Gasteiger partial charge in [-0.05, 0) is 42.2 Å². The van der Waals surface area contributed by atoms with E-state index < -0.39 is 16.8 Å². The second-order valence-electron chi connectivity index (χ2n) is 7.29. The number of thiazole rings is 1. The van der Waals surface area contributed by atoms with Gasteiger partial charge in [-0.25, -0.2) is 0 Å². The number of amides is 1. The van der Waals surface area contributed by atoms with Crippen molar-refractivity contribution in [1.29, 1.82) is 0 Å². The lowest BCUT2D eigenvalue weighted by molar-refractivity contribution is -0.384. The molecule has 3 aromatic rings. The molecule has 0 bridgehead atoms. The number of hydrogen-bond donors (Lipinski definition) is 0. The number of rotatable bonds is 7. The van der Waals surface area contributed by atoms with Crippen molar-refractivity contribution >= 4 is 45.2 Å². The Morgan fingerprint density at radius 3 is 2.72 bits per heavy atom. The van der Waals surface area contributed by atoms with E-state index >= 15 is 0 Å². The van der Waals surface area contributed by atoms with Gasteiger partial charge < -0.3 is 9.30 Å². The molecular formula is C23H23N3O5S. The van der Waals surface area contributed by atoms with Gasteiger partial charge in [0.05, 0.1) is 21.7 Å². The molecule has 0 aliphatic rings. The fourth-order valence-electron chi connectivity index (χ4n) is 3.06. The van der Waals surface area contributed by atoms with Gasteiger partial charge in [0.15, 0.2) is 4.80 Å². The number of nitro benzene ring substituents is 1. The van der Waals surface area contributed by atoms with Crippen LogP contribution in [0, 0.1) is 10.1 Å². The lowest BCUT2D eigenvalue weighted by Gasteiger charge is -2.07. The van der Waals surface area contributed by atoms with Gasteiger partial charge in [-0.3, -0.25) is 19.7 Å². The van der Waals surface area contributed by atoms with E-state index in [1.807, 2.05) is 18.2 Å². The van der Waals surface area contributed by atoms with Gasteiger partial charge in [0.2, 0.25) is 0 Å². The first-order valence-corrected chi connectivity index (χ1v) is 10.9. The minimum atomic E-state index is -0.537. The molecule has 0 unspecified atom stereocenters. The summed E-state index contributed by atoms with van der Waals surface area (Å²) in [5.41, 5.74) is 2.39. The molecule has 3 rings (SSSR count). The summed E-state index contributed by atoms with van der Waals surface area (Å²) in [6.45, 7) is 6.12. The molecule has 0 aliphatic carbocycles. The van der Waals surface area contributed by atoms with E-state index in [-0.39, 0.29) is 18.8 Å². The summed E-state index contributed by atoms with van der Waals surface area (Å²) in [5, 5.41) is 10.9. The van der Waals surface area contributed by atoms with Crippen LogP contribution in [0.5, 0.6) is 0 Å². The second-order valence-corrected chi connectivity index (χ2v) is 8.30. The highest BCUT2D eigenvalue weighted by Gasteiger charge is 2.13. The van der Waals surface area contributed by atoms with Gasteiger partial charge in [0, 0.05) is 18.2 Å². The topological polar surface area (TPSA) is 104 Å². The van der Waals surface area contributed by atoms with Crippen molar-refractivity contribution in [3.8, 4) is 0 Å². The van der Waals surface area contributed by atoms with Crippen LogP contribution >= 0.6 is 11.3 Å². The molecule has 166 valence electrons. The Bertz CT molecular complexity index is 1270. The molecule has 32 heavy (non-hydrogen) atoms. The third kappa shape index (κ3) is 5.55. The van der Waals surface area contributed by atoms with Gasteiger partial charge >= 0.3 is 5.97 Å². The SMILES string of the molecule is CCOC(=O)Cn1c(=NC(=O)/C=C/c2cccc([N+](=O)[O-])c2)sc2cc(C(C)C)ccc21. The number of nitro groups is 1. The molecule has 0 spiro atoms. The van der Waals surface area contributed by atoms with E-state index in [0.717, 1.165) is 15.8 Å². The molecule has 0 fully saturated rings. The number of esters is 1. The summed E-state index contributed by atoms with van der Waals surface area (Å²) in [7, 11) is 0. The number of benzene rings is 2. The predicted molar refractivity (Wildman–Crippen MR) is 123 cm³/mol. The van der Waals surface area contributed by atoms with E-state index in [9.17, 15) is 19.7 Å². The van der Waals surface area contributed by atoms with Crippen LogP contribution in [-0.2, 0) is 20.9 Å². The highest BCUT2D eigenvalue weighted by molar-refractivity contribution is 7.16. The Labute approximate surface area is 188 Å². The number of aromatic nitrogens is 1. The van der Waals surface area contributed by atoms with Crippen LogP contribution in [0.1, 0.15) is 37.8 Å². The van der Waals surface area contributed by atoms with E-state index in [0.29, 0.717) is 16.3 Å². The lowest BCUT2D eigenvalue weighted by atomic mass is 10.0. The van der Waals surface area contributed by atoms with Gasteiger partial charge in [-0.15, -0.1) is 0 Å². The summed E-state index contributed by atoms with van der Waals surface area (Å²) in [6, 6.07) is 11.9. The molecule has 1 amide bonds. The summed E-state index contributed by atoms with van der Waals surface area (Å²) in [5.74, 6) is -0.620. The smallest absolute Gasteiger partial charge is 0.326 e. The monoisotopic (exact) mass is 453 g/mol. The van der Waals surface area contributed by atoms with Crippen LogP contribution in [0.3, 0.4) is 0 Å². The summed E-state index contributed by atoms with van der Waals surface area (Å²) in [4.78, 5) is 39.6. The van der Waals surface area contributed by atoms with Crippen LogP contribution in [0.25, 0.3) is 16.3 Å². The van der Waals surface area contributed by atoms with Crippen LogP contribution in [-0.4, -0.2) is 28.0 Å². The minimum Gasteiger partial charge on any atom is -0.465 e. The number of carbonyl (C=O) groups excluding carboxylic acids is 2. The molecule has 0 aliphatic heterocycles. The Balaban J connectivity index is 1.99. The highest BCUT2D eigenvalue weighted by atomic mass is 32.1. The maximum absolute atomic E-state index is 12.5. The molecule has 0 saturated heterocycles. The first-order valence-electron chi connectivity index (χ1n) is 10.1. The van der Waals surface area contributed by atoms with Gasteiger partial charge in [0.1, 0.15) is 6.54 Å². The van der Waals surface area contributed by atoms with E-state index in [1.54, 1.807) is 23.6 Å². The molecular weight excluding hydrogens is 430 g/mol. The Morgan fingerprint density at radius 2 is 2.03 bits per heavy atom. The van der Waals surface area contributed by atoms with Crippen molar-refractivity contribution < 1.29 is 19.2 Å². The third-order valence-corrected chi connectivity index (χ3v) is 5.71. The predicted octanol–water partition coefficient (Wildman–Crippen LogP) is 4.44. The average Bonchev–Trinajstić information content (AvgIpc) is 3.08. The molecule has 1 aromatic heterocycles. The van der Waals surface area contributed by atoms with Crippen LogP contribution < -0.4 is 4.80 Å². The largest absolute Gasteiger partial charge is 0.465 e. The molecule has 2 aromatic carbocycles. The second kappa shape index (κ2) is 10.1. The van der Waals surface area contributed by atoms with E-state index in [1.165, 1.54) is 35.6 Å². The summed E-state index contributed by atoms with van der Waals surface area (Å²) < 4.78 is 7.65. The van der Waals surface area contributed by atoms with Gasteiger partial charge in [0.25, 0.3) is 11.6 Å². The van der Waals surface area contributed by atoms with Crippen LogP contribution in [0.15, 0.2) is 53.5 Å². The Morgan fingerprint density at radius 1 is 1.25 bits per heavy atom. The first-order chi connectivity index (χ1) is 15.3. The fourth-order valence-corrected chi connectivity index (χ4v) is 4.15. The molecule has 1 heterocycles. The van der Waals surface area contributed by atoms with Crippen molar-refractivity contribution in [2.24, 2.45) is 4.99 Å². The minimum absolute atomic E-state index is 0.0599. The normalized spacial score (nSPS) is 12.1. The van der Waals surface area contributed by atoms with Gasteiger partial charge in [-0.2, -0.15) is 4.99 Å². The van der Waals surface area contributed by atoms with Gasteiger partial charge in [-0.1, -0.05) is 43.4 Å². The lowest BCUT2D eigenvalue weighted by Crippen LogP contribution is -2.22. The number of ether oxygens (including phenoxy) is 1. The average molecular weight is 454 g/mol. The summed E-state index contributed by atoms with van der Waals surface area (Å²) >= 11 is 1.32. The standard InChI is InChI=1S/C23H23N3O5S/c1-4-31-22(28)14-25-19-10-9-17(15(2)3)13-20(19)32-23(25)24-21(27)11-8-16-6-5-7-18(12-16)26(29)30/h5-13,15H,4,14H2,1-3H3/b11-8+,24-23?. The maximum Gasteiger partial charge on any atom is 0.326 e. The zero-order valence-corrected chi connectivity index (χ0v) is 18.8. The van der Waals surface area contributed by atoms with Crippen molar-refractivity contribution in [3.63, 3.8) is 0 Å². The maximum atomic E-state index is 12.5. The first kappa shape index (κ1) is 23.1. The van der Waals surface area contributed by atoms with Crippen LogP contribution in [0.4, 0.5) is 5.69 Å². The van der Waals surface area contributed by atoms with E-state index in [2.05, 4.69) is 18.8 Å². The number of carbonyl (C=O) groups is 2. The van der Waals surface area contributed by atoms with Crippen molar-refractivity contribution in [1.82, 2.24) is 4.57 Å². The highest BCUT2D eigenvalue weighted by Crippen LogP contribution is 2.23. The van der Waals surface area contributed by atoms with E-state index in [4.69, 9.17) is 4.74 Å². The molecule has 0 saturated carbocycles. The molecule has 0 radical (unpaired) electrons. The molecule has 9 heteroatoms. The van der Waals surface area contributed by atoms with Crippen LogP contribution in [0.2, 0.25) is 0 Å². The zero-order chi connectivity index (χ0) is 23.3. The summed E-state index contributed by atoms with van der Waals surface area (Å²) in [6.07, 6.45) is 2.72. The number of nitrogens with zero attached hydrogens (tertiary/aromatic N) is 3.